The second-order valence-electron chi connectivity index (χ2n) is 7.85. The van der Waals surface area contributed by atoms with Gasteiger partial charge in [-0.3, -0.25) is 4.57 Å². The van der Waals surface area contributed by atoms with Crippen molar-refractivity contribution >= 4 is 23.3 Å². The third kappa shape index (κ3) is 3.54. The van der Waals surface area contributed by atoms with Crippen LogP contribution in [0.15, 0.2) is 88.7 Å². The van der Waals surface area contributed by atoms with Crippen LogP contribution in [0.4, 0.5) is 5.95 Å². The summed E-state index contributed by atoms with van der Waals surface area (Å²) in [4.78, 5) is 0. The quantitative estimate of drug-likeness (QED) is 0.367. The van der Waals surface area contributed by atoms with Crippen LogP contribution in [0.25, 0.3) is 17.1 Å². The van der Waals surface area contributed by atoms with Crippen LogP contribution in [0.5, 0.6) is 0 Å². The number of fused-ring (bicyclic) bond motifs is 3. The molecular weight excluding hydrogens is 450 g/mol. The van der Waals surface area contributed by atoms with Gasteiger partial charge >= 0.3 is 0 Å². The number of rotatable bonds is 4. The Bertz CT molecular complexity index is 1490. The van der Waals surface area contributed by atoms with Crippen molar-refractivity contribution in [2.75, 3.05) is 5.01 Å². The van der Waals surface area contributed by atoms with E-state index in [9.17, 15) is 0 Å². The molecule has 166 valence electrons. The maximum absolute atomic E-state index is 6.16. The predicted octanol–water partition coefficient (Wildman–Crippen LogP) is 5.05. The van der Waals surface area contributed by atoms with Gasteiger partial charge in [0.2, 0.25) is 12.3 Å². The van der Waals surface area contributed by atoms with E-state index >= 15 is 0 Å². The van der Waals surface area contributed by atoms with Gasteiger partial charge in [-0.25, -0.2) is 5.01 Å². The Labute approximate surface area is 200 Å². The molecule has 0 spiro atoms. The van der Waals surface area contributed by atoms with E-state index in [4.69, 9.17) is 21.1 Å². The second kappa shape index (κ2) is 8.24. The number of hydrogen-bond donors (Lipinski definition) is 0. The minimum Gasteiger partial charge on any atom is -0.423 e. The highest BCUT2D eigenvalue weighted by Gasteiger charge is 2.26. The Morgan fingerprint density at radius 3 is 2.38 bits per heavy atom. The highest BCUT2D eigenvalue weighted by molar-refractivity contribution is 6.30. The zero-order valence-corrected chi connectivity index (χ0v) is 18.9. The molecule has 3 aromatic carbocycles. The number of aromatic nitrogens is 5. The first-order valence-corrected chi connectivity index (χ1v) is 11.0. The van der Waals surface area contributed by atoms with Gasteiger partial charge in [0, 0.05) is 21.7 Å². The molecule has 1 aliphatic heterocycles. The van der Waals surface area contributed by atoms with Crippen LogP contribution >= 0.6 is 11.6 Å². The van der Waals surface area contributed by atoms with Gasteiger partial charge in [0.1, 0.15) is 11.5 Å². The lowest BCUT2D eigenvalue weighted by Gasteiger charge is -2.18. The molecule has 0 fully saturated rings. The van der Waals surface area contributed by atoms with Crippen molar-refractivity contribution in [2.24, 2.45) is 5.10 Å². The van der Waals surface area contributed by atoms with Crippen LogP contribution in [0.3, 0.4) is 0 Å². The van der Waals surface area contributed by atoms with Crippen molar-refractivity contribution in [3.63, 3.8) is 0 Å². The van der Waals surface area contributed by atoms with Gasteiger partial charge in [-0.05, 0) is 42.8 Å². The number of nitrogens with zero attached hydrogens (tertiary/aromatic N) is 7. The summed E-state index contributed by atoms with van der Waals surface area (Å²) >= 11 is 6.16. The Kier molecular flexibility index (Phi) is 4.92. The average molecular weight is 468 g/mol. The molecule has 2 aromatic heterocycles. The van der Waals surface area contributed by atoms with E-state index in [0.29, 0.717) is 23.4 Å². The summed E-state index contributed by atoms with van der Waals surface area (Å²) in [5.74, 6) is 1.91. The smallest absolute Gasteiger partial charge is 0.252 e. The van der Waals surface area contributed by atoms with Gasteiger partial charge in [-0.2, -0.15) is 5.10 Å². The van der Waals surface area contributed by atoms with Crippen molar-refractivity contribution in [3.8, 4) is 17.1 Å². The zero-order chi connectivity index (χ0) is 23.1. The molecule has 9 heteroatoms. The van der Waals surface area contributed by atoms with E-state index in [1.54, 1.807) is 0 Å². The van der Waals surface area contributed by atoms with E-state index in [1.807, 2.05) is 77.2 Å². The summed E-state index contributed by atoms with van der Waals surface area (Å²) in [6, 6.07) is 23.8. The summed E-state index contributed by atoms with van der Waals surface area (Å²) in [6.45, 7) is 2.44. The fourth-order valence-electron chi connectivity index (χ4n) is 4.04. The first-order valence-electron chi connectivity index (χ1n) is 10.7. The Morgan fingerprint density at radius 2 is 1.62 bits per heavy atom. The topological polar surface area (TPSA) is 85.2 Å². The molecular formula is C25H18ClN7O. The molecule has 0 saturated heterocycles. The molecule has 8 nitrogen and oxygen atoms in total. The average Bonchev–Trinajstić information content (AvgIpc) is 3.51. The highest BCUT2D eigenvalue weighted by Crippen LogP contribution is 2.31. The lowest BCUT2D eigenvalue weighted by atomic mass is 10.0. The standard InChI is InChI=1S/C25H18ClN7O/c1-16-28-30-25-32(14-17-6-8-19(9-7-17)24-29-27-15-34-24)31-23(18-10-12-20(26)13-11-18)21-4-2-3-5-22(21)33(16)25/h2-13,15H,14H2,1H3. The number of hydrogen-bond acceptors (Lipinski definition) is 7. The third-order valence-electron chi connectivity index (χ3n) is 5.67. The van der Waals surface area contributed by atoms with Crippen LogP contribution in [0.1, 0.15) is 22.5 Å². The van der Waals surface area contributed by atoms with Crippen LogP contribution in [0.2, 0.25) is 5.02 Å². The van der Waals surface area contributed by atoms with Gasteiger partial charge in [0.15, 0.2) is 0 Å². The van der Waals surface area contributed by atoms with Crippen LogP contribution in [0, 0.1) is 6.92 Å². The fourth-order valence-corrected chi connectivity index (χ4v) is 4.17. The molecule has 0 unspecified atom stereocenters. The SMILES string of the molecule is Cc1nnc2n1-c1ccccc1C(c1ccc(Cl)cc1)=NN2Cc1ccc(-c2nnco2)cc1. The second-order valence-corrected chi connectivity index (χ2v) is 8.29. The molecule has 1 aliphatic rings. The highest BCUT2D eigenvalue weighted by atomic mass is 35.5. The van der Waals surface area contributed by atoms with E-state index in [-0.39, 0.29) is 0 Å². The summed E-state index contributed by atoms with van der Waals surface area (Å²) in [5.41, 5.74) is 5.66. The van der Waals surface area contributed by atoms with Crippen LogP contribution < -0.4 is 5.01 Å². The maximum atomic E-state index is 6.16. The Hall–Kier alpha value is -4.30. The van der Waals surface area contributed by atoms with Crippen molar-refractivity contribution in [1.29, 1.82) is 0 Å². The lowest BCUT2D eigenvalue weighted by Crippen LogP contribution is -2.20. The van der Waals surface area contributed by atoms with E-state index in [1.165, 1.54) is 6.39 Å². The third-order valence-corrected chi connectivity index (χ3v) is 5.92. The molecule has 3 heterocycles. The fraction of sp³-hybridized carbons (Fsp3) is 0.0800. The van der Waals surface area contributed by atoms with Gasteiger partial charge < -0.3 is 4.42 Å². The molecule has 0 aliphatic carbocycles. The largest absolute Gasteiger partial charge is 0.423 e. The zero-order valence-electron chi connectivity index (χ0n) is 18.1. The maximum Gasteiger partial charge on any atom is 0.252 e. The number of anilines is 1. The van der Waals surface area contributed by atoms with Crippen molar-refractivity contribution in [1.82, 2.24) is 25.0 Å². The molecule has 5 aromatic rings. The van der Waals surface area contributed by atoms with Crippen molar-refractivity contribution in [3.05, 3.63) is 107 Å². The number of hydrazone groups is 1. The summed E-state index contributed by atoms with van der Waals surface area (Å²) in [7, 11) is 0. The molecule has 34 heavy (non-hydrogen) atoms. The normalized spacial score (nSPS) is 12.6. The first-order chi connectivity index (χ1) is 16.7. The van der Waals surface area contributed by atoms with E-state index in [0.717, 1.165) is 39.5 Å². The summed E-state index contributed by atoms with van der Waals surface area (Å²) < 4.78 is 7.33. The van der Waals surface area contributed by atoms with E-state index in [2.05, 4.69) is 32.5 Å². The number of benzene rings is 3. The minimum absolute atomic E-state index is 0.482. The predicted molar refractivity (Wildman–Crippen MR) is 129 cm³/mol. The van der Waals surface area contributed by atoms with E-state index < -0.39 is 0 Å². The molecule has 0 atom stereocenters. The molecule has 6 rings (SSSR count). The van der Waals surface area contributed by atoms with Gasteiger partial charge in [0.05, 0.1) is 12.2 Å². The molecule has 0 amide bonds. The summed E-state index contributed by atoms with van der Waals surface area (Å²) in [6.07, 6.45) is 1.32. The lowest BCUT2D eigenvalue weighted by molar-refractivity contribution is 0.568. The first kappa shape index (κ1) is 20.3. The number of para-hydroxylation sites is 1. The Morgan fingerprint density at radius 1 is 0.853 bits per heavy atom. The van der Waals surface area contributed by atoms with Crippen molar-refractivity contribution in [2.45, 2.75) is 13.5 Å². The minimum atomic E-state index is 0.482. The van der Waals surface area contributed by atoms with Crippen LogP contribution in [-0.4, -0.2) is 30.7 Å². The Balaban J connectivity index is 1.46. The number of aryl methyl sites for hydroxylation is 1. The summed E-state index contributed by atoms with van der Waals surface area (Å²) in [5, 5.41) is 24.2. The molecule has 0 bridgehead atoms. The van der Waals surface area contributed by atoms with Gasteiger partial charge in [0.25, 0.3) is 5.95 Å². The van der Waals surface area contributed by atoms with Gasteiger partial charge in [-0.15, -0.1) is 20.4 Å². The molecule has 0 radical (unpaired) electrons. The van der Waals surface area contributed by atoms with Crippen molar-refractivity contribution < 1.29 is 4.42 Å². The number of halogens is 1. The monoisotopic (exact) mass is 467 g/mol. The van der Waals surface area contributed by atoms with Crippen LogP contribution in [-0.2, 0) is 6.54 Å². The van der Waals surface area contributed by atoms with Gasteiger partial charge in [-0.1, -0.05) is 54.1 Å². The molecule has 0 N–H and O–H groups in total. The molecule has 0 saturated carbocycles.